The summed E-state index contributed by atoms with van der Waals surface area (Å²) in [6, 6.07) is 1.36. The first-order valence-corrected chi connectivity index (χ1v) is 5.89. The second-order valence-electron chi connectivity index (χ2n) is 3.65. The smallest absolute Gasteiger partial charge is 0.337 e. The largest absolute Gasteiger partial charge is 0.478 e. The molecule has 2 aromatic heterocycles. The third kappa shape index (κ3) is 2.45. The number of aromatic carboxylic acids is 1. The number of anilines is 1. The summed E-state index contributed by atoms with van der Waals surface area (Å²) in [5.41, 5.74) is 6.88. The van der Waals surface area contributed by atoms with Crippen LogP contribution < -0.4 is 5.73 Å². The summed E-state index contributed by atoms with van der Waals surface area (Å²) >= 11 is 1.16. The number of pyridine rings is 1. The van der Waals surface area contributed by atoms with Crippen LogP contribution >= 0.6 is 11.8 Å². The van der Waals surface area contributed by atoms with Crippen molar-refractivity contribution >= 4 is 23.4 Å². The quantitative estimate of drug-likeness (QED) is 0.876. The van der Waals surface area contributed by atoms with Gasteiger partial charge in [-0.2, -0.15) is 0 Å². The van der Waals surface area contributed by atoms with E-state index in [0.29, 0.717) is 10.2 Å². The molecule has 94 valence electrons. The van der Waals surface area contributed by atoms with Crippen LogP contribution in [0, 0.1) is 13.8 Å². The lowest BCUT2D eigenvalue weighted by Crippen LogP contribution is -2.00. The zero-order chi connectivity index (χ0) is 13.3. The fourth-order valence-electron chi connectivity index (χ4n) is 1.24. The Morgan fingerprint density at radius 2 is 2.22 bits per heavy atom. The van der Waals surface area contributed by atoms with Crippen molar-refractivity contribution in [2.24, 2.45) is 0 Å². The minimum atomic E-state index is -1.06. The molecular weight excluding hydrogens is 254 g/mol. The fraction of sp³-hybridized carbons (Fsp3) is 0.182. The summed E-state index contributed by atoms with van der Waals surface area (Å²) in [5, 5.41) is 9.71. The van der Waals surface area contributed by atoms with Gasteiger partial charge in [0.1, 0.15) is 10.8 Å². The second-order valence-corrected chi connectivity index (χ2v) is 4.59. The van der Waals surface area contributed by atoms with E-state index in [-0.39, 0.29) is 11.3 Å². The van der Waals surface area contributed by atoms with Crippen molar-refractivity contribution in [1.82, 2.24) is 9.97 Å². The predicted octanol–water partition coefficient (Wildman–Crippen LogP) is 2.12. The molecule has 0 fully saturated rings. The first-order chi connectivity index (χ1) is 8.47. The first kappa shape index (κ1) is 12.4. The number of hydrogen-bond acceptors (Lipinski definition) is 6. The van der Waals surface area contributed by atoms with Gasteiger partial charge in [0, 0.05) is 6.20 Å². The van der Waals surface area contributed by atoms with Gasteiger partial charge in [-0.25, -0.2) is 14.8 Å². The highest BCUT2D eigenvalue weighted by Crippen LogP contribution is 2.30. The molecule has 2 rings (SSSR count). The van der Waals surface area contributed by atoms with Gasteiger partial charge in [-0.3, -0.25) is 0 Å². The summed E-state index contributed by atoms with van der Waals surface area (Å²) in [7, 11) is 0. The lowest BCUT2D eigenvalue weighted by Gasteiger charge is -2.02. The van der Waals surface area contributed by atoms with Crippen molar-refractivity contribution in [2.75, 3.05) is 5.73 Å². The van der Waals surface area contributed by atoms with Crippen molar-refractivity contribution in [1.29, 1.82) is 0 Å². The average molecular weight is 265 g/mol. The molecule has 0 radical (unpaired) electrons. The Kier molecular flexibility index (Phi) is 3.24. The van der Waals surface area contributed by atoms with Crippen LogP contribution in [0.25, 0.3) is 0 Å². The molecule has 0 aliphatic rings. The van der Waals surface area contributed by atoms with E-state index in [1.807, 2.05) is 13.8 Å². The molecule has 0 unspecified atom stereocenters. The van der Waals surface area contributed by atoms with Crippen molar-refractivity contribution in [2.45, 2.75) is 24.1 Å². The molecule has 2 heterocycles. The van der Waals surface area contributed by atoms with Crippen LogP contribution in [-0.2, 0) is 0 Å². The third-order valence-electron chi connectivity index (χ3n) is 2.32. The summed E-state index contributed by atoms with van der Waals surface area (Å²) < 4.78 is 5.39. The molecule has 0 atom stereocenters. The first-order valence-electron chi connectivity index (χ1n) is 5.08. The summed E-state index contributed by atoms with van der Waals surface area (Å²) in [6.45, 7) is 3.66. The van der Waals surface area contributed by atoms with Gasteiger partial charge in [0.2, 0.25) is 0 Å². The number of nitrogen functional groups attached to an aromatic ring is 1. The maximum atomic E-state index is 10.7. The molecular formula is C11H11N3O3S. The Labute approximate surface area is 107 Å². The van der Waals surface area contributed by atoms with Crippen molar-refractivity contribution in [3.05, 3.63) is 29.3 Å². The van der Waals surface area contributed by atoms with Gasteiger partial charge in [0.05, 0.1) is 16.9 Å². The highest BCUT2D eigenvalue weighted by molar-refractivity contribution is 7.99. The van der Waals surface area contributed by atoms with Crippen LogP contribution in [0.4, 0.5) is 5.69 Å². The molecule has 0 spiro atoms. The van der Waals surface area contributed by atoms with E-state index in [1.54, 1.807) is 0 Å². The van der Waals surface area contributed by atoms with Crippen LogP contribution in [0.15, 0.2) is 26.9 Å². The van der Waals surface area contributed by atoms with Crippen molar-refractivity contribution < 1.29 is 14.3 Å². The summed E-state index contributed by atoms with van der Waals surface area (Å²) in [4.78, 5) is 18.9. The fourth-order valence-corrected chi connectivity index (χ4v) is 2.04. The monoisotopic (exact) mass is 265 g/mol. The zero-order valence-corrected chi connectivity index (χ0v) is 10.6. The van der Waals surface area contributed by atoms with Crippen LogP contribution in [0.2, 0.25) is 0 Å². The number of nitrogens with zero attached hydrogens (tertiary/aromatic N) is 2. The number of carbonyl (C=O) groups is 1. The molecule has 0 saturated carbocycles. The maximum Gasteiger partial charge on any atom is 0.337 e. The number of oxazole rings is 1. The van der Waals surface area contributed by atoms with Gasteiger partial charge in [-0.15, -0.1) is 0 Å². The molecule has 7 heteroatoms. The third-order valence-corrected chi connectivity index (χ3v) is 3.20. The van der Waals surface area contributed by atoms with Crippen molar-refractivity contribution in [3.63, 3.8) is 0 Å². The van der Waals surface area contributed by atoms with Crippen molar-refractivity contribution in [3.8, 4) is 0 Å². The molecule has 0 bridgehead atoms. The normalized spacial score (nSPS) is 10.6. The Bertz CT molecular complexity index is 590. The molecule has 0 saturated heterocycles. The van der Waals surface area contributed by atoms with Gasteiger partial charge >= 0.3 is 5.97 Å². The number of carboxylic acids is 1. The Hall–Kier alpha value is -2.02. The van der Waals surface area contributed by atoms with E-state index < -0.39 is 5.97 Å². The maximum absolute atomic E-state index is 10.7. The molecule has 0 aromatic carbocycles. The minimum Gasteiger partial charge on any atom is -0.478 e. The number of aryl methyl sites for hydroxylation is 2. The lowest BCUT2D eigenvalue weighted by molar-refractivity contribution is 0.0696. The van der Waals surface area contributed by atoms with E-state index in [4.69, 9.17) is 15.3 Å². The van der Waals surface area contributed by atoms with E-state index in [0.717, 1.165) is 23.2 Å². The van der Waals surface area contributed by atoms with Crippen LogP contribution in [0.5, 0.6) is 0 Å². The number of carboxylic acid groups (broad SMARTS) is 1. The summed E-state index contributed by atoms with van der Waals surface area (Å²) in [6.07, 6.45) is 1.25. The molecule has 0 aliphatic carbocycles. The molecule has 18 heavy (non-hydrogen) atoms. The van der Waals surface area contributed by atoms with Gasteiger partial charge in [0.25, 0.3) is 5.22 Å². The zero-order valence-electron chi connectivity index (χ0n) is 9.80. The standard InChI is InChI=1S/C11H11N3O3S/c1-5-6(2)17-11(14-5)18-9-8(12)3-7(4-13-9)10(15)16/h3-4H,12H2,1-2H3,(H,15,16). The van der Waals surface area contributed by atoms with E-state index in [2.05, 4.69) is 9.97 Å². The minimum absolute atomic E-state index is 0.0524. The Morgan fingerprint density at radius 3 is 2.72 bits per heavy atom. The molecule has 0 aliphatic heterocycles. The summed E-state index contributed by atoms with van der Waals surface area (Å²) in [5.74, 6) is -0.327. The molecule has 6 nitrogen and oxygen atoms in total. The number of hydrogen-bond donors (Lipinski definition) is 2. The van der Waals surface area contributed by atoms with E-state index in [1.165, 1.54) is 12.3 Å². The predicted molar refractivity (Wildman–Crippen MR) is 65.7 cm³/mol. The highest BCUT2D eigenvalue weighted by atomic mass is 32.2. The van der Waals surface area contributed by atoms with Crippen LogP contribution in [0.3, 0.4) is 0 Å². The second kappa shape index (κ2) is 4.69. The Morgan fingerprint density at radius 1 is 1.50 bits per heavy atom. The van der Waals surface area contributed by atoms with Gasteiger partial charge in [-0.05, 0) is 31.7 Å². The Balaban J connectivity index is 2.27. The van der Waals surface area contributed by atoms with E-state index >= 15 is 0 Å². The number of rotatable bonds is 3. The molecule has 3 N–H and O–H groups in total. The average Bonchev–Trinajstić information content (AvgIpc) is 2.61. The lowest BCUT2D eigenvalue weighted by atomic mass is 10.3. The number of nitrogens with two attached hydrogens (primary N) is 1. The topological polar surface area (TPSA) is 102 Å². The van der Waals surface area contributed by atoms with Gasteiger partial charge in [0.15, 0.2) is 0 Å². The highest BCUT2D eigenvalue weighted by Gasteiger charge is 2.13. The molecule has 0 amide bonds. The SMILES string of the molecule is Cc1nc(Sc2ncc(C(=O)O)cc2N)oc1C. The van der Waals surface area contributed by atoms with Gasteiger partial charge < -0.3 is 15.3 Å². The van der Waals surface area contributed by atoms with E-state index in [9.17, 15) is 4.79 Å². The van der Waals surface area contributed by atoms with Gasteiger partial charge in [-0.1, -0.05) is 0 Å². The van der Waals surface area contributed by atoms with Crippen LogP contribution in [-0.4, -0.2) is 21.0 Å². The number of aromatic nitrogens is 2. The van der Waals surface area contributed by atoms with Crippen LogP contribution in [0.1, 0.15) is 21.8 Å². The molecule has 2 aromatic rings.